The smallest absolute Gasteiger partial charge is 0.328 e. The fourth-order valence-electron chi connectivity index (χ4n) is 9.20. The summed E-state index contributed by atoms with van der Waals surface area (Å²) in [5.74, 6) is -0.217. The highest BCUT2D eigenvalue weighted by Crippen LogP contribution is 2.35. The third-order valence-electron chi connectivity index (χ3n) is 12.8. The Morgan fingerprint density at radius 3 is 2.28 bits per heavy atom. The molecule has 0 saturated carbocycles. The van der Waals surface area contributed by atoms with E-state index >= 15 is 0 Å². The van der Waals surface area contributed by atoms with E-state index in [0.29, 0.717) is 70.0 Å². The number of ether oxygens (including phenoxy) is 2. The second kappa shape index (κ2) is 19.9. The van der Waals surface area contributed by atoms with E-state index in [1.165, 1.54) is 28.3 Å². The Bertz CT molecular complexity index is 2560. The standard InChI is InChI=1S/C47H54ClN7O9S/c1-30-42(31(2)56)43(34-6-4-3-5-7-34)44(49-30)45(58)50-38-27-36(65(61,62)54-22-24-63-25-23-54)9-11-40(38)64-29-33-12-17-52(18-13-33)28-32-14-19-53(20-15-32)46(59)35-8-10-37(48)39(26-35)55-21-16-41(57)51-47(55)60/h3-11,26-27,32-33,49H,12-25,28-29H2,1-2H3,(H,50,58)(H,51,57,60). The predicted molar refractivity (Wildman–Crippen MR) is 245 cm³/mol. The highest BCUT2D eigenvalue weighted by molar-refractivity contribution is 7.89. The van der Waals surface area contributed by atoms with Crippen molar-refractivity contribution in [2.24, 2.45) is 11.8 Å². The van der Waals surface area contributed by atoms with Gasteiger partial charge in [-0.2, -0.15) is 4.31 Å². The molecular formula is C47H54ClN7O9S. The molecule has 18 heteroatoms. The SMILES string of the molecule is CC(=O)c1c(C)[nH]c(C(=O)Nc2cc(S(=O)(=O)N3CCOCC3)ccc2OCC2CCN(CC3CCN(C(=O)c4ccc(Cl)c(N5CCC(=O)NC5=O)c4)CC3)CC2)c1-c1ccccc1. The molecule has 8 rings (SSSR count). The first-order valence-corrected chi connectivity index (χ1v) is 24.0. The Morgan fingerprint density at radius 1 is 0.877 bits per heavy atom. The number of benzene rings is 3. The lowest BCUT2D eigenvalue weighted by atomic mass is 9.93. The molecule has 16 nitrogen and oxygen atoms in total. The second-order valence-electron chi connectivity index (χ2n) is 17.1. The summed E-state index contributed by atoms with van der Waals surface area (Å²) in [4.78, 5) is 73.6. The number of rotatable bonds is 13. The van der Waals surface area contributed by atoms with Crippen molar-refractivity contribution in [2.75, 3.05) is 82.4 Å². The van der Waals surface area contributed by atoms with Crippen molar-refractivity contribution >= 4 is 62.5 Å². The topological polar surface area (TPSA) is 191 Å². The number of hydrogen-bond acceptors (Lipinski definition) is 10. The Labute approximate surface area is 383 Å². The average molecular weight is 929 g/mol. The van der Waals surface area contributed by atoms with Gasteiger partial charge < -0.3 is 29.6 Å². The molecule has 0 aliphatic carbocycles. The van der Waals surface area contributed by atoms with Crippen molar-refractivity contribution in [3.8, 4) is 16.9 Å². The van der Waals surface area contributed by atoms with Crippen molar-refractivity contribution in [1.82, 2.24) is 24.4 Å². The van der Waals surface area contributed by atoms with Crippen molar-refractivity contribution in [3.63, 3.8) is 0 Å². The molecule has 4 aliphatic rings. The zero-order valence-corrected chi connectivity index (χ0v) is 38.1. The summed E-state index contributed by atoms with van der Waals surface area (Å²) in [7, 11) is -3.91. The average Bonchev–Trinajstić information content (AvgIpc) is 3.67. The van der Waals surface area contributed by atoms with Crippen LogP contribution in [0.5, 0.6) is 5.75 Å². The zero-order valence-electron chi connectivity index (χ0n) is 36.6. The first kappa shape index (κ1) is 46.0. The maximum atomic E-state index is 14.2. The molecule has 5 amide bonds. The number of aromatic nitrogens is 1. The molecule has 4 saturated heterocycles. The summed E-state index contributed by atoms with van der Waals surface area (Å²) in [5.41, 5.74) is 3.33. The quantitative estimate of drug-likeness (QED) is 0.130. The van der Waals surface area contributed by atoms with Crippen molar-refractivity contribution in [3.05, 3.63) is 94.3 Å². The summed E-state index contributed by atoms with van der Waals surface area (Å²) in [6.07, 6.45) is 3.66. The van der Waals surface area contributed by atoms with Crippen LogP contribution < -0.4 is 20.3 Å². The number of aryl methyl sites for hydroxylation is 1. The number of halogens is 1. The van der Waals surface area contributed by atoms with Crippen LogP contribution in [-0.4, -0.2) is 129 Å². The van der Waals surface area contributed by atoms with Gasteiger partial charge in [-0.15, -0.1) is 0 Å². The number of sulfonamides is 1. The summed E-state index contributed by atoms with van der Waals surface area (Å²) in [5, 5.41) is 5.56. The highest BCUT2D eigenvalue weighted by Gasteiger charge is 2.32. The maximum absolute atomic E-state index is 14.2. The van der Waals surface area contributed by atoms with Gasteiger partial charge in [0.15, 0.2) is 5.78 Å². The van der Waals surface area contributed by atoms with E-state index in [2.05, 4.69) is 20.5 Å². The van der Waals surface area contributed by atoms with Crippen LogP contribution in [0.1, 0.15) is 75.9 Å². The normalized spacial score (nSPS) is 18.4. The number of imide groups is 1. The Kier molecular flexibility index (Phi) is 14.1. The first-order chi connectivity index (χ1) is 31.3. The van der Waals surface area contributed by atoms with Gasteiger partial charge >= 0.3 is 6.03 Å². The number of H-pyrrole nitrogens is 1. The molecule has 1 aromatic heterocycles. The number of anilines is 2. The van der Waals surface area contributed by atoms with Crippen LogP contribution in [0.4, 0.5) is 16.2 Å². The molecule has 4 aliphatic heterocycles. The lowest BCUT2D eigenvalue weighted by molar-refractivity contribution is -0.120. The lowest BCUT2D eigenvalue weighted by Gasteiger charge is -2.37. The van der Waals surface area contributed by atoms with E-state index in [9.17, 15) is 32.4 Å². The number of piperidine rings is 2. The molecule has 5 heterocycles. The van der Waals surface area contributed by atoms with Gasteiger partial charge in [0, 0.05) is 68.1 Å². The van der Waals surface area contributed by atoms with Crippen LogP contribution in [0.25, 0.3) is 11.1 Å². The molecular weight excluding hydrogens is 874 g/mol. The van der Waals surface area contributed by atoms with Crippen LogP contribution in [0.2, 0.25) is 5.02 Å². The minimum atomic E-state index is -3.91. The van der Waals surface area contributed by atoms with E-state index < -0.39 is 22.0 Å². The van der Waals surface area contributed by atoms with Gasteiger partial charge in [0.1, 0.15) is 11.4 Å². The fraction of sp³-hybridized carbons (Fsp3) is 0.426. The number of nitrogens with zero attached hydrogens (tertiary/aromatic N) is 4. The van der Waals surface area contributed by atoms with Gasteiger partial charge in [-0.05, 0) is 106 Å². The Hall–Kier alpha value is -5.59. The predicted octanol–water partition coefficient (Wildman–Crippen LogP) is 6.21. The highest BCUT2D eigenvalue weighted by atomic mass is 35.5. The molecule has 344 valence electrons. The number of carbonyl (C=O) groups excluding carboxylic acids is 5. The molecule has 4 fully saturated rings. The van der Waals surface area contributed by atoms with Crippen molar-refractivity contribution in [2.45, 2.75) is 50.8 Å². The van der Waals surface area contributed by atoms with Gasteiger partial charge in [-0.25, -0.2) is 13.2 Å². The number of amides is 5. The summed E-state index contributed by atoms with van der Waals surface area (Å²) in [6, 6.07) is 18.1. The van der Waals surface area contributed by atoms with Crippen molar-refractivity contribution < 1.29 is 41.9 Å². The van der Waals surface area contributed by atoms with Gasteiger partial charge in [-0.3, -0.25) is 29.4 Å². The largest absolute Gasteiger partial charge is 0.491 e. The van der Waals surface area contributed by atoms with Crippen LogP contribution >= 0.6 is 11.6 Å². The number of nitrogens with one attached hydrogen (secondary N) is 3. The number of likely N-dealkylation sites (tertiary alicyclic amines) is 2. The molecule has 0 atom stereocenters. The van der Waals surface area contributed by atoms with E-state index in [1.807, 2.05) is 35.2 Å². The van der Waals surface area contributed by atoms with Gasteiger partial charge in [0.05, 0.1) is 41.1 Å². The Morgan fingerprint density at radius 2 is 1.58 bits per heavy atom. The fourth-order valence-corrected chi connectivity index (χ4v) is 10.9. The van der Waals surface area contributed by atoms with Gasteiger partial charge in [0.25, 0.3) is 11.8 Å². The first-order valence-electron chi connectivity index (χ1n) is 22.1. The molecule has 65 heavy (non-hydrogen) atoms. The van der Waals surface area contributed by atoms with E-state index in [-0.39, 0.29) is 79.1 Å². The molecule has 3 N–H and O–H groups in total. The maximum Gasteiger partial charge on any atom is 0.328 e. The number of urea groups is 1. The minimum Gasteiger partial charge on any atom is -0.491 e. The van der Waals surface area contributed by atoms with Crippen molar-refractivity contribution in [1.29, 1.82) is 0 Å². The molecule has 0 bridgehead atoms. The summed E-state index contributed by atoms with van der Waals surface area (Å²) in [6.45, 7) is 8.68. The third-order valence-corrected chi connectivity index (χ3v) is 15.0. The lowest BCUT2D eigenvalue weighted by Crippen LogP contribution is -2.49. The zero-order chi connectivity index (χ0) is 45.8. The minimum absolute atomic E-state index is 0.0167. The van der Waals surface area contributed by atoms with Crippen LogP contribution in [0.3, 0.4) is 0 Å². The molecule has 4 aromatic rings. The number of morpholine rings is 1. The summed E-state index contributed by atoms with van der Waals surface area (Å²) >= 11 is 6.42. The number of carbonyl (C=O) groups is 5. The molecule has 0 radical (unpaired) electrons. The van der Waals surface area contributed by atoms with Crippen LogP contribution in [0, 0.1) is 18.8 Å². The number of hydrogen-bond donors (Lipinski definition) is 3. The van der Waals surface area contributed by atoms with Crippen LogP contribution in [-0.2, 0) is 19.6 Å². The third kappa shape index (κ3) is 10.3. The second-order valence-corrected chi connectivity index (χ2v) is 19.5. The molecule has 0 spiro atoms. The summed E-state index contributed by atoms with van der Waals surface area (Å²) < 4.78 is 40.7. The number of aromatic amines is 1. The Balaban J connectivity index is 0.887. The van der Waals surface area contributed by atoms with Crippen LogP contribution in [0.15, 0.2) is 71.6 Å². The monoisotopic (exact) mass is 927 g/mol. The van der Waals surface area contributed by atoms with E-state index in [1.54, 1.807) is 31.2 Å². The van der Waals surface area contributed by atoms with Gasteiger partial charge in [-0.1, -0.05) is 41.9 Å². The van der Waals surface area contributed by atoms with E-state index in [4.69, 9.17) is 21.1 Å². The number of ketones is 1. The molecule has 3 aromatic carbocycles. The van der Waals surface area contributed by atoms with E-state index in [0.717, 1.165) is 45.3 Å². The van der Waals surface area contributed by atoms with Gasteiger partial charge in [0.2, 0.25) is 15.9 Å². The number of Topliss-reactive ketones (excluding diaryl/α,β-unsaturated/α-hetero) is 1. The molecule has 0 unspecified atom stereocenters.